The summed E-state index contributed by atoms with van der Waals surface area (Å²) < 4.78 is 34.0. The lowest BCUT2D eigenvalue weighted by Gasteiger charge is -2.58. The zero-order valence-electron chi connectivity index (χ0n) is 15.9. The number of piperidine rings is 1. The number of rotatable bonds is 3. The van der Waals surface area contributed by atoms with Gasteiger partial charge in [0.05, 0.1) is 49.6 Å². The van der Waals surface area contributed by atoms with Crippen molar-refractivity contribution >= 4 is 10.0 Å². The zero-order chi connectivity index (χ0) is 19.8. The maximum Gasteiger partial charge on any atom is 0.221 e. The van der Waals surface area contributed by atoms with E-state index in [9.17, 15) is 13.5 Å². The van der Waals surface area contributed by atoms with Crippen LogP contribution in [0.3, 0.4) is 0 Å². The molecule has 3 saturated heterocycles. The predicted molar refractivity (Wildman–Crippen MR) is 106 cm³/mol. The summed E-state index contributed by atoms with van der Waals surface area (Å²) in [5.74, 6) is 0. The van der Waals surface area contributed by atoms with Crippen molar-refractivity contribution in [2.45, 2.75) is 41.8 Å². The van der Waals surface area contributed by atoms with Crippen molar-refractivity contribution < 1.29 is 18.3 Å². The van der Waals surface area contributed by atoms with Crippen LogP contribution in [0.25, 0.3) is 11.3 Å². The van der Waals surface area contributed by atoms with Crippen LogP contribution < -0.4 is 5.32 Å². The third-order valence-electron chi connectivity index (χ3n) is 7.22. The van der Waals surface area contributed by atoms with Crippen molar-refractivity contribution in [1.82, 2.24) is 19.2 Å². The van der Waals surface area contributed by atoms with Gasteiger partial charge in [0.2, 0.25) is 10.0 Å². The van der Waals surface area contributed by atoms with E-state index < -0.39 is 26.9 Å². The van der Waals surface area contributed by atoms with Gasteiger partial charge in [-0.15, -0.1) is 0 Å². The zero-order valence-corrected chi connectivity index (χ0v) is 16.8. The van der Waals surface area contributed by atoms with Crippen LogP contribution in [-0.4, -0.2) is 76.6 Å². The average molecular weight is 417 g/mol. The second-order valence-electron chi connectivity index (χ2n) is 8.59. The molecule has 1 spiro atoms. The van der Waals surface area contributed by atoms with E-state index in [2.05, 4.69) is 27.0 Å². The minimum atomic E-state index is -3.29. The predicted octanol–water partition coefficient (Wildman–Crippen LogP) is 0.349. The molecule has 3 atom stereocenters. The van der Waals surface area contributed by atoms with Crippen LogP contribution in [0.15, 0.2) is 36.8 Å². The van der Waals surface area contributed by atoms with Crippen LogP contribution in [-0.2, 0) is 14.8 Å². The first kappa shape index (κ1) is 18.0. The van der Waals surface area contributed by atoms with Gasteiger partial charge in [0.25, 0.3) is 0 Å². The van der Waals surface area contributed by atoms with Gasteiger partial charge in [0.15, 0.2) is 0 Å². The number of imidazole rings is 1. The topological polar surface area (TPSA) is 96.7 Å². The highest BCUT2D eigenvalue weighted by Gasteiger charge is 2.58. The fraction of sp³-hybridized carbons (Fsp3) is 0.550. The van der Waals surface area contributed by atoms with E-state index in [0.717, 1.165) is 11.3 Å². The van der Waals surface area contributed by atoms with Crippen LogP contribution in [0.2, 0.25) is 0 Å². The van der Waals surface area contributed by atoms with E-state index in [1.165, 1.54) is 5.56 Å². The Morgan fingerprint density at radius 3 is 2.66 bits per heavy atom. The summed E-state index contributed by atoms with van der Waals surface area (Å²) in [4.78, 5) is 4.30. The number of aliphatic hydroxyl groups is 1. The second-order valence-corrected chi connectivity index (χ2v) is 10.8. The SMILES string of the molecule is O=S(=O)(C1COC1)N1CCC2(CC1)NC(C1c3ccccc3-c3cncn31)C2O. The van der Waals surface area contributed by atoms with Crippen LogP contribution in [0, 0.1) is 0 Å². The highest BCUT2D eigenvalue weighted by molar-refractivity contribution is 7.89. The van der Waals surface area contributed by atoms with Crippen LogP contribution in [0.5, 0.6) is 0 Å². The highest BCUT2D eigenvalue weighted by atomic mass is 32.2. The molecule has 2 aromatic rings. The smallest absolute Gasteiger partial charge is 0.221 e. The molecule has 4 aliphatic rings. The number of ether oxygens (including phenoxy) is 1. The van der Waals surface area contributed by atoms with Crippen LogP contribution in [0.4, 0.5) is 0 Å². The number of sulfonamides is 1. The molecule has 0 bridgehead atoms. The summed E-state index contributed by atoms with van der Waals surface area (Å²) in [7, 11) is -3.29. The van der Waals surface area contributed by atoms with Gasteiger partial charge in [-0.3, -0.25) is 0 Å². The Balaban J connectivity index is 1.21. The summed E-state index contributed by atoms with van der Waals surface area (Å²) in [5, 5.41) is 14.4. The summed E-state index contributed by atoms with van der Waals surface area (Å²) >= 11 is 0. The first-order valence-corrected chi connectivity index (χ1v) is 11.7. The van der Waals surface area contributed by atoms with Gasteiger partial charge in [-0.05, 0) is 18.4 Å². The molecule has 1 aromatic heterocycles. The first-order chi connectivity index (χ1) is 14.0. The van der Waals surface area contributed by atoms with E-state index in [0.29, 0.717) is 39.1 Å². The second kappa shape index (κ2) is 6.12. The van der Waals surface area contributed by atoms with E-state index >= 15 is 0 Å². The van der Waals surface area contributed by atoms with E-state index in [4.69, 9.17) is 4.74 Å². The van der Waals surface area contributed by atoms with Crippen LogP contribution >= 0.6 is 0 Å². The molecule has 29 heavy (non-hydrogen) atoms. The monoisotopic (exact) mass is 416 g/mol. The number of benzene rings is 1. The number of nitrogens with zero attached hydrogens (tertiary/aromatic N) is 3. The van der Waals surface area contributed by atoms with Crippen molar-refractivity contribution in [2.75, 3.05) is 26.3 Å². The lowest BCUT2D eigenvalue weighted by Crippen LogP contribution is -2.79. The number of hydrogen-bond donors (Lipinski definition) is 2. The van der Waals surface area contributed by atoms with Crippen molar-refractivity contribution in [3.8, 4) is 11.3 Å². The molecule has 1 aromatic carbocycles. The van der Waals surface area contributed by atoms with Gasteiger partial charge < -0.3 is 19.7 Å². The summed E-state index contributed by atoms with van der Waals surface area (Å²) in [6.45, 7) is 1.46. The summed E-state index contributed by atoms with van der Waals surface area (Å²) in [5.41, 5.74) is 3.02. The van der Waals surface area contributed by atoms with Gasteiger partial charge in [-0.2, -0.15) is 0 Å². The lowest BCUT2D eigenvalue weighted by atomic mass is 9.69. The van der Waals surface area contributed by atoms with Gasteiger partial charge >= 0.3 is 0 Å². The van der Waals surface area contributed by atoms with Crippen LogP contribution in [0.1, 0.15) is 24.4 Å². The summed E-state index contributed by atoms with van der Waals surface area (Å²) in [6, 6.07) is 8.14. The van der Waals surface area contributed by atoms with Gasteiger partial charge in [0.1, 0.15) is 5.25 Å². The molecule has 3 unspecified atom stereocenters. The molecule has 2 N–H and O–H groups in total. The molecule has 154 valence electrons. The molecule has 0 aliphatic carbocycles. The molecule has 9 heteroatoms. The average Bonchev–Trinajstić information content (AvgIpc) is 3.26. The maximum atomic E-state index is 12.6. The van der Waals surface area contributed by atoms with E-state index in [1.807, 2.05) is 24.7 Å². The molecule has 0 radical (unpaired) electrons. The standard InChI is InChI=1S/C20H24N4O4S/c25-19-17(18-15-4-2-1-3-14(15)16-9-21-12-24(16)18)22-20(19)5-7-23(8-6-20)29(26,27)13-10-28-11-13/h1-4,9,12-13,17-19,22,25H,5-8,10-11H2. The van der Waals surface area contributed by atoms with E-state index in [-0.39, 0.29) is 12.1 Å². The molecule has 3 fully saturated rings. The fourth-order valence-electron chi connectivity index (χ4n) is 5.41. The van der Waals surface area contributed by atoms with Crippen molar-refractivity contribution in [2.24, 2.45) is 0 Å². The minimum absolute atomic E-state index is 0.00166. The third-order valence-corrected chi connectivity index (χ3v) is 9.42. The van der Waals surface area contributed by atoms with Crippen molar-refractivity contribution in [3.05, 3.63) is 42.4 Å². The number of nitrogens with one attached hydrogen (secondary N) is 1. The van der Waals surface area contributed by atoms with Gasteiger partial charge in [-0.25, -0.2) is 17.7 Å². The molecule has 0 amide bonds. The number of aromatic nitrogens is 2. The quantitative estimate of drug-likeness (QED) is 0.750. The molecule has 0 saturated carbocycles. The first-order valence-electron chi connectivity index (χ1n) is 10.1. The third kappa shape index (κ3) is 2.39. The summed E-state index contributed by atoms with van der Waals surface area (Å²) in [6.07, 6.45) is 4.39. The Hall–Kier alpha value is -1.78. The highest BCUT2D eigenvalue weighted by Crippen LogP contribution is 2.47. The largest absolute Gasteiger partial charge is 0.389 e. The fourth-order valence-corrected chi connectivity index (χ4v) is 7.06. The Kier molecular flexibility index (Phi) is 3.80. The minimum Gasteiger partial charge on any atom is -0.389 e. The van der Waals surface area contributed by atoms with Crippen molar-refractivity contribution in [3.63, 3.8) is 0 Å². The molecular formula is C20H24N4O4S. The Morgan fingerprint density at radius 1 is 1.21 bits per heavy atom. The van der Waals surface area contributed by atoms with Gasteiger partial charge in [0, 0.05) is 24.2 Å². The number of hydrogen-bond acceptors (Lipinski definition) is 6. The normalized spacial score (nSPS) is 31.1. The van der Waals surface area contributed by atoms with Crippen molar-refractivity contribution in [1.29, 1.82) is 0 Å². The number of fused-ring (bicyclic) bond motifs is 3. The maximum absolute atomic E-state index is 12.6. The Morgan fingerprint density at radius 2 is 1.97 bits per heavy atom. The molecule has 6 rings (SSSR count). The molecule has 5 heterocycles. The lowest BCUT2D eigenvalue weighted by molar-refractivity contribution is -0.0933. The Labute approximate surface area is 169 Å². The Bertz CT molecular complexity index is 1060. The van der Waals surface area contributed by atoms with E-state index in [1.54, 1.807) is 4.31 Å². The molecule has 4 aliphatic heterocycles. The van der Waals surface area contributed by atoms with Gasteiger partial charge in [-0.1, -0.05) is 24.3 Å². The number of aliphatic hydroxyl groups excluding tert-OH is 1. The molecular weight excluding hydrogens is 392 g/mol. The molecule has 8 nitrogen and oxygen atoms in total.